The van der Waals surface area contributed by atoms with Gasteiger partial charge in [-0.3, -0.25) is 0 Å². The fraction of sp³-hybridized carbons (Fsp3) is 0.533. The molecule has 0 radical (unpaired) electrons. The van der Waals surface area contributed by atoms with Crippen molar-refractivity contribution in [2.75, 3.05) is 37.7 Å². The van der Waals surface area contributed by atoms with E-state index in [1.165, 1.54) is 0 Å². The Hall–Kier alpha value is -1.57. The van der Waals surface area contributed by atoms with Crippen LogP contribution in [-0.2, 0) is 11.3 Å². The molecule has 102 valence electrons. The lowest BCUT2D eigenvalue weighted by Gasteiger charge is -2.23. The second kappa shape index (κ2) is 7.13. The van der Waals surface area contributed by atoms with E-state index in [9.17, 15) is 5.26 Å². The van der Waals surface area contributed by atoms with Crippen molar-refractivity contribution >= 4 is 5.69 Å². The van der Waals surface area contributed by atoms with Gasteiger partial charge in [0.15, 0.2) is 0 Å². The van der Waals surface area contributed by atoms with Crippen LogP contribution in [0.2, 0.25) is 0 Å². The standard InChI is InChI=1S/C15H21N3O/c1-2-17-12-13-4-5-15(14(10-13)11-16)18-6-3-8-19-9-7-18/h4-5,10,17H,2-3,6-9,12H2,1H3. The van der Waals surface area contributed by atoms with Crippen LogP contribution in [0.15, 0.2) is 18.2 Å². The second-order valence-corrected chi connectivity index (χ2v) is 4.70. The molecule has 0 amide bonds. The molecule has 1 aliphatic heterocycles. The van der Waals surface area contributed by atoms with Crippen molar-refractivity contribution in [3.8, 4) is 6.07 Å². The molecule has 0 aliphatic carbocycles. The molecule has 0 atom stereocenters. The molecule has 0 bridgehead atoms. The molecular formula is C15H21N3O. The highest BCUT2D eigenvalue weighted by Gasteiger charge is 2.14. The lowest BCUT2D eigenvalue weighted by Crippen LogP contribution is -2.26. The van der Waals surface area contributed by atoms with Crippen LogP contribution in [0.25, 0.3) is 0 Å². The molecule has 19 heavy (non-hydrogen) atoms. The van der Waals surface area contributed by atoms with E-state index in [1.807, 2.05) is 6.07 Å². The number of anilines is 1. The highest BCUT2D eigenvalue weighted by atomic mass is 16.5. The van der Waals surface area contributed by atoms with E-state index in [0.717, 1.165) is 62.6 Å². The summed E-state index contributed by atoms with van der Waals surface area (Å²) in [5.74, 6) is 0. The SMILES string of the molecule is CCNCc1ccc(N2CCCOCC2)c(C#N)c1. The number of ether oxygens (including phenoxy) is 1. The van der Waals surface area contributed by atoms with Gasteiger partial charge < -0.3 is 15.0 Å². The van der Waals surface area contributed by atoms with Crippen molar-refractivity contribution < 1.29 is 4.74 Å². The van der Waals surface area contributed by atoms with Gasteiger partial charge in [-0.1, -0.05) is 13.0 Å². The minimum Gasteiger partial charge on any atom is -0.380 e. The number of nitrogens with zero attached hydrogens (tertiary/aromatic N) is 2. The molecule has 0 unspecified atom stereocenters. The Labute approximate surface area is 115 Å². The molecule has 1 fully saturated rings. The van der Waals surface area contributed by atoms with Gasteiger partial charge in [0, 0.05) is 26.2 Å². The Bertz CT molecular complexity index is 445. The van der Waals surface area contributed by atoms with E-state index in [0.29, 0.717) is 0 Å². The molecule has 0 saturated carbocycles. The summed E-state index contributed by atoms with van der Waals surface area (Å²) in [5.41, 5.74) is 2.96. The summed E-state index contributed by atoms with van der Waals surface area (Å²) >= 11 is 0. The molecule has 1 saturated heterocycles. The van der Waals surface area contributed by atoms with Crippen LogP contribution in [-0.4, -0.2) is 32.8 Å². The van der Waals surface area contributed by atoms with Crippen molar-refractivity contribution in [1.82, 2.24) is 5.32 Å². The number of hydrogen-bond acceptors (Lipinski definition) is 4. The third kappa shape index (κ3) is 3.69. The minimum atomic E-state index is 0.740. The number of nitriles is 1. The molecule has 1 aliphatic rings. The van der Waals surface area contributed by atoms with E-state index in [2.05, 4.69) is 35.3 Å². The summed E-state index contributed by atoms with van der Waals surface area (Å²) in [5, 5.41) is 12.6. The predicted molar refractivity (Wildman–Crippen MR) is 76.2 cm³/mol. The molecule has 1 N–H and O–H groups in total. The number of hydrogen-bond donors (Lipinski definition) is 1. The number of rotatable bonds is 4. The lowest BCUT2D eigenvalue weighted by atomic mass is 10.1. The summed E-state index contributed by atoms with van der Waals surface area (Å²) in [7, 11) is 0. The van der Waals surface area contributed by atoms with Crippen LogP contribution >= 0.6 is 0 Å². The number of benzene rings is 1. The maximum atomic E-state index is 9.34. The van der Waals surface area contributed by atoms with Crippen molar-refractivity contribution in [3.63, 3.8) is 0 Å². The Kier molecular flexibility index (Phi) is 5.20. The molecule has 1 aromatic rings. The lowest BCUT2D eigenvalue weighted by molar-refractivity contribution is 0.152. The summed E-state index contributed by atoms with van der Waals surface area (Å²) in [4.78, 5) is 2.25. The Morgan fingerprint density at radius 2 is 2.26 bits per heavy atom. The van der Waals surface area contributed by atoms with Crippen LogP contribution in [0.3, 0.4) is 0 Å². The summed E-state index contributed by atoms with van der Waals surface area (Å²) in [6, 6.07) is 8.48. The van der Waals surface area contributed by atoms with Crippen LogP contribution in [0.4, 0.5) is 5.69 Å². The van der Waals surface area contributed by atoms with E-state index >= 15 is 0 Å². The Morgan fingerprint density at radius 3 is 3.05 bits per heavy atom. The first-order chi connectivity index (χ1) is 9.35. The highest BCUT2D eigenvalue weighted by Crippen LogP contribution is 2.22. The van der Waals surface area contributed by atoms with Crippen molar-refractivity contribution in [3.05, 3.63) is 29.3 Å². The molecule has 0 spiro atoms. The van der Waals surface area contributed by atoms with E-state index < -0.39 is 0 Å². The summed E-state index contributed by atoms with van der Waals surface area (Å²) < 4.78 is 5.46. The third-order valence-corrected chi connectivity index (χ3v) is 3.32. The maximum absolute atomic E-state index is 9.34. The zero-order valence-corrected chi connectivity index (χ0v) is 11.5. The van der Waals surface area contributed by atoms with Gasteiger partial charge in [-0.05, 0) is 30.7 Å². The monoisotopic (exact) mass is 259 g/mol. The number of nitrogens with one attached hydrogen (secondary N) is 1. The fourth-order valence-corrected chi connectivity index (χ4v) is 2.31. The summed E-state index contributed by atoms with van der Waals surface area (Å²) in [6.45, 7) is 7.21. The van der Waals surface area contributed by atoms with Gasteiger partial charge >= 0.3 is 0 Å². The average molecular weight is 259 g/mol. The molecule has 4 nitrogen and oxygen atoms in total. The summed E-state index contributed by atoms with van der Waals surface area (Å²) in [6.07, 6.45) is 1.02. The van der Waals surface area contributed by atoms with Gasteiger partial charge in [-0.15, -0.1) is 0 Å². The van der Waals surface area contributed by atoms with E-state index in [1.54, 1.807) is 0 Å². The largest absolute Gasteiger partial charge is 0.380 e. The van der Waals surface area contributed by atoms with E-state index in [-0.39, 0.29) is 0 Å². The van der Waals surface area contributed by atoms with Crippen molar-refractivity contribution in [2.45, 2.75) is 19.9 Å². The third-order valence-electron chi connectivity index (χ3n) is 3.32. The Morgan fingerprint density at radius 1 is 1.37 bits per heavy atom. The van der Waals surface area contributed by atoms with E-state index in [4.69, 9.17) is 4.74 Å². The normalized spacial score (nSPS) is 15.9. The Balaban J connectivity index is 2.17. The fourth-order valence-electron chi connectivity index (χ4n) is 2.31. The first-order valence-electron chi connectivity index (χ1n) is 6.91. The van der Waals surface area contributed by atoms with Gasteiger partial charge in [-0.2, -0.15) is 5.26 Å². The molecule has 1 aromatic carbocycles. The maximum Gasteiger partial charge on any atom is 0.101 e. The van der Waals surface area contributed by atoms with Crippen LogP contribution < -0.4 is 10.2 Å². The quantitative estimate of drug-likeness (QED) is 0.897. The minimum absolute atomic E-state index is 0.740. The molecule has 1 heterocycles. The van der Waals surface area contributed by atoms with Crippen LogP contribution in [0, 0.1) is 11.3 Å². The van der Waals surface area contributed by atoms with Gasteiger partial charge in [0.1, 0.15) is 6.07 Å². The second-order valence-electron chi connectivity index (χ2n) is 4.70. The van der Waals surface area contributed by atoms with Crippen molar-refractivity contribution in [1.29, 1.82) is 5.26 Å². The van der Waals surface area contributed by atoms with Gasteiger partial charge in [0.05, 0.1) is 17.9 Å². The predicted octanol–water partition coefficient (Wildman–Crippen LogP) is 1.89. The average Bonchev–Trinajstić information content (AvgIpc) is 2.73. The van der Waals surface area contributed by atoms with Crippen LogP contribution in [0.1, 0.15) is 24.5 Å². The topological polar surface area (TPSA) is 48.3 Å². The first kappa shape index (κ1) is 13.9. The molecule has 2 rings (SSSR count). The zero-order chi connectivity index (χ0) is 13.5. The van der Waals surface area contributed by atoms with Gasteiger partial charge in [0.2, 0.25) is 0 Å². The zero-order valence-electron chi connectivity index (χ0n) is 11.5. The van der Waals surface area contributed by atoms with Crippen LogP contribution in [0.5, 0.6) is 0 Å². The first-order valence-corrected chi connectivity index (χ1v) is 6.91. The smallest absolute Gasteiger partial charge is 0.101 e. The molecule has 4 heteroatoms. The van der Waals surface area contributed by atoms with Gasteiger partial charge in [-0.25, -0.2) is 0 Å². The van der Waals surface area contributed by atoms with Crippen molar-refractivity contribution in [2.24, 2.45) is 0 Å². The highest BCUT2D eigenvalue weighted by molar-refractivity contribution is 5.60. The molecular weight excluding hydrogens is 238 g/mol. The molecule has 0 aromatic heterocycles. The van der Waals surface area contributed by atoms with Gasteiger partial charge in [0.25, 0.3) is 0 Å².